The summed E-state index contributed by atoms with van der Waals surface area (Å²) >= 11 is 0. The first kappa shape index (κ1) is 12.3. The molecule has 0 bridgehead atoms. The van der Waals surface area contributed by atoms with Crippen molar-refractivity contribution < 1.29 is 13.9 Å². The highest BCUT2D eigenvalue weighted by molar-refractivity contribution is 5.70. The van der Waals surface area contributed by atoms with Gasteiger partial charge in [-0.15, -0.1) is 0 Å². The third-order valence-electron chi connectivity index (χ3n) is 2.55. The number of hydrogen-bond donors (Lipinski definition) is 0. The molecular formula is C15H13FO2. The van der Waals surface area contributed by atoms with Crippen LogP contribution in [0.4, 0.5) is 4.39 Å². The summed E-state index contributed by atoms with van der Waals surface area (Å²) in [6.45, 7) is 3.18. The van der Waals surface area contributed by atoms with E-state index in [1.165, 1.54) is 13.0 Å². The van der Waals surface area contributed by atoms with E-state index in [0.717, 1.165) is 11.1 Å². The van der Waals surface area contributed by atoms with Crippen LogP contribution < -0.4 is 4.74 Å². The van der Waals surface area contributed by atoms with Crippen molar-refractivity contribution in [3.8, 4) is 16.9 Å². The van der Waals surface area contributed by atoms with Crippen molar-refractivity contribution >= 4 is 5.97 Å². The average molecular weight is 244 g/mol. The summed E-state index contributed by atoms with van der Waals surface area (Å²) in [7, 11) is 0. The molecule has 0 heterocycles. The van der Waals surface area contributed by atoms with E-state index in [-0.39, 0.29) is 11.8 Å². The van der Waals surface area contributed by atoms with Crippen LogP contribution in [-0.4, -0.2) is 5.97 Å². The molecule has 0 spiro atoms. The second-order valence-electron chi connectivity index (χ2n) is 4.10. The second kappa shape index (κ2) is 5.00. The summed E-state index contributed by atoms with van der Waals surface area (Å²) in [6, 6.07) is 11.9. The van der Waals surface area contributed by atoms with Crippen LogP contribution in [0.1, 0.15) is 12.5 Å². The standard InChI is InChI=1S/C15H13FO2/c1-10-3-8-14(15(16)9-10)12-4-6-13(7-5-12)18-11(2)17/h3-9H,1-2H3. The van der Waals surface area contributed by atoms with Crippen molar-refractivity contribution in [3.05, 3.63) is 53.8 Å². The van der Waals surface area contributed by atoms with Crippen LogP contribution in [0.3, 0.4) is 0 Å². The van der Waals surface area contributed by atoms with Gasteiger partial charge in [0.05, 0.1) is 0 Å². The first-order chi connectivity index (χ1) is 8.56. The summed E-state index contributed by atoms with van der Waals surface area (Å²) < 4.78 is 18.7. The number of benzene rings is 2. The van der Waals surface area contributed by atoms with Gasteiger partial charge in [0.2, 0.25) is 0 Å². The van der Waals surface area contributed by atoms with Gasteiger partial charge >= 0.3 is 5.97 Å². The lowest BCUT2D eigenvalue weighted by molar-refractivity contribution is -0.131. The van der Waals surface area contributed by atoms with Crippen molar-refractivity contribution in [1.82, 2.24) is 0 Å². The minimum Gasteiger partial charge on any atom is -0.427 e. The number of hydrogen-bond acceptors (Lipinski definition) is 2. The lowest BCUT2D eigenvalue weighted by Crippen LogP contribution is -2.00. The van der Waals surface area contributed by atoms with Gasteiger partial charge in [0.15, 0.2) is 0 Å². The van der Waals surface area contributed by atoms with Gasteiger partial charge < -0.3 is 4.74 Å². The summed E-state index contributed by atoms with van der Waals surface area (Å²) in [5.41, 5.74) is 2.17. The fourth-order valence-electron chi connectivity index (χ4n) is 1.72. The van der Waals surface area contributed by atoms with Crippen LogP contribution in [0.15, 0.2) is 42.5 Å². The molecule has 0 amide bonds. The molecule has 0 saturated heterocycles. The fourth-order valence-corrected chi connectivity index (χ4v) is 1.72. The Bertz CT molecular complexity index is 574. The zero-order valence-corrected chi connectivity index (χ0v) is 10.2. The molecule has 0 atom stereocenters. The van der Waals surface area contributed by atoms with E-state index < -0.39 is 0 Å². The maximum atomic E-state index is 13.8. The van der Waals surface area contributed by atoms with Crippen molar-refractivity contribution in [3.63, 3.8) is 0 Å². The highest BCUT2D eigenvalue weighted by Gasteiger charge is 2.05. The number of ether oxygens (including phenoxy) is 1. The molecule has 0 aliphatic carbocycles. The molecule has 2 aromatic carbocycles. The van der Waals surface area contributed by atoms with Gasteiger partial charge in [0.1, 0.15) is 11.6 Å². The average Bonchev–Trinajstić information content (AvgIpc) is 2.30. The molecule has 2 rings (SSSR count). The van der Waals surface area contributed by atoms with Crippen molar-refractivity contribution in [2.45, 2.75) is 13.8 Å². The highest BCUT2D eigenvalue weighted by Crippen LogP contribution is 2.25. The summed E-state index contributed by atoms with van der Waals surface area (Å²) in [5.74, 6) is -0.168. The molecule has 0 aliphatic heterocycles. The first-order valence-electron chi connectivity index (χ1n) is 5.61. The normalized spacial score (nSPS) is 10.2. The molecule has 0 aliphatic rings. The van der Waals surface area contributed by atoms with Crippen LogP contribution in [0.5, 0.6) is 5.75 Å². The molecule has 0 saturated carbocycles. The first-order valence-corrected chi connectivity index (χ1v) is 5.61. The number of rotatable bonds is 2. The Morgan fingerprint density at radius 1 is 1.11 bits per heavy atom. The van der Waals surface area contributed by atoms with Crippen LogP contribution in [0, 0.1) is 12.7 Å². The van der Waals surface area contributed by atoms with E-state index in [4.69, 9.17) is 4.74 Å². The van der Waals surface area contributed by atoms with Gasteiger partial charge in [0.25, 0.3) is 0 Å². The molecule has 0 radical (unpaired) electrons. The van der Waals surface area contributed by atoms with Crippen LogP contribution in [0.25, 0.3) is 11.1 Å². The number of aryl methyl sites for hydroxylation is 1. The molecule has 92 valence electrons. The molecule has 2 nitrogen and oxygen atoms in total. The smallest absolute Gasteiger partial charge is 0.308 e. The number of carbonyl (C=O) groups is 1. The third kappa shape index (κ3) is 2.74. The zero-order valence-electron chi connectivity index (χ0n) is 10.2. The molecule has 0 unspecified atom stereocenters. The highest BCUT2D eigenvalue weighted by atomic mass is 19.1. The molecule has 0 aromatic heterocycles. The Morgan fingerprint density at radius 2 is 1.78 bits per heavy atom. The van der Waals surface area contributed by atoms with E-state index in [1.54, 1.807) is 30.3 Å². The van der Waals surface area contributed by atoms with E-state index in [9.17, 15) is 9.18 Å². The van der Waals surface area contributed by atoms with Crippen LogP contribution in [0.2, 0.25) is 0 Å². The number of halogens is 1. The molecule has 0 fully saturated rings. The third-order valence-corrected chi connectivity index (χ3v) is 2.55. The maximum absolute atomic E-state index is 13.8. The molecule has 0 N–H and O–H groups in total. The Hall–Kier alpha value is -2.16. The van der Waals surface area contributed by atoms with E-state index in [1.807, 2.05) is 13.0 Å². The van der Waals surface area contributed by atoms with Gasteiger partial charge in [-0.1, -0.05) is 24.3 Å². The maximum Gasteiger partial charge on any atom is 0.308 e. The summed E-state index contributed by atoms with van der Waals surface area (Å²) in [6.07, 6.45) is 0. The fraction of sp³-hybridized carbons (Fsp3) is 0.133. The molecular weight excluding hydrogens is 231 g/mol. The van der Waals surface area contributed by atoms with Gasteiger partial charge in [-0.25, -0.2) is 4.39 Å². The van der Waals surface area contributed by atoms with Gasteiger partial charge in [-0.3, -0.25) is 4.79 Å². The lowest BCUT2D eigenvalue weighted by Gasteiger charge is -2.06. The van der Waals surface area contributed by atoms with E-state index in [0.29, 0.717) is 11.3 Å². The van der Waals surface area contributed by atoms with Crippen LogP contribution in [-0.2, 0) is 4.79 Å². The SMILES string of the molecule is CC(=O)Oc1ccc(-c2ccc(C)cc2F)cc1. The van der Waals surface area contributed by atoms with E-state index >= 15 is 0 Å². The van der Waals surface area contributed by atoms with Gasteiger partial charge in [-0.2, -0.15) is 0 Å². The Morgan fingerprint density at radius 3 is 2.33 bits per heavy atom. The Balaban J connectivity index is 2.31. The topological polar surface area (TPSA) is 26.3 Å². The minimum atomic E-state index is -0.371. The van der Waals surface area contributed by atoms with Crippen molar-refractivity contribution in [1.29, 1.82) is 0 Å². The molecule has 2 aromatic rings. The predicted molar refractivity (Wildman–Crippen MR) is 67.9 cm³/mol. The summed E-state index contributed by atoms with van der Waals surface area (Å²) in [4.78, 5) is 10.8. The largest absolute Gasteiger partial charge is 0.427 e. The molecule has 18 heavy (non-hydrogen) atoms. The van der Waals surface area contributed by atoms with Crippen molar-refractivity contribution in [2.75, 3.05) is 0 Å². The number of esters is 1. The summed E-state index contributed by atoms with van der Waals surface area (Å²) in [5, 5.41) is 0. The quantitative estimate of drug-likeness (QED) is 0.594. The monoisotopic (exact) mass is 244 g/mol. The van der Waals surface area contributed by atoms with Crippen LogP contribution >= 0.6 is 0 Å². The Labute approximate surface area is 105 Å². The van der Waals surface area contributed by atoms with E-state index in [2.05, 4.69) is 0 Å². The lowest BCUT2D eigenvalue weighted by atomic mass is 10.0. The second-order valence-corrected chi connectivity index (χ2v) is 4.10. The number of carbonyl (C=O) groups excluding carboxylic acids is 1. The van der Waals surface area contributed by atoms with Crippen molar-refractivity contribution in [2.24, 2.45) is 0 Å². The molecule has 3 heteroatoms. The zero-order chi connectivity index (χ0) is 13.1. The predicted octanol–water partition coefficient (Wildman–Crippen LogP) is 3.73. The minimum absolute atomic E-state index is 0.254. The Kier molecular flexibility index (Phi) is 3.42. The van der Waals surface area contributed by atoms with Gasteiger partial charge in [-0.05, 0) is 36.2 Å². The van der Waals surface area contributed by atoms with Gasteiger partial charge in [0, 0.05) is 12.5 Å².